The largest absolute Gasteiger partial charge is 0.347 e. The molecule has 0 radical (unpaired) electrons. The van der Waals surface area contributed by atoms with Crippen molar-refractivity contribution in [2.45, 2.75) is 19.0 Å². The van der Waals surface area contributed by atoms with Gasteiger partial charge in [0, 0.05) is 55.7 Å². The molecule has 0 saturated heterocycles. The number of hydrogen-bond acceptors (Lipinski definition) is 7. The third-order valence-electron chi connectivity index (χ3n) is 4.94. The summed E-state index contributed by atoms with van der Waals surface area (Å²) in [6.45, 7) is 1.33. The highest BCUT2D eigenvalue weighted by atomic mass is 35.5. The molecule has 3 N–H and O–H groups in total. The van der Waals surface area contributed by atoms with Crippen molar-refractivity contribution in [3.8, 4) is 0 Å². The molecular weight excluding hydrogens is 468 g/mol. The molecule has 0 fully saturated rings. The average Bonchev–Trinajstić information content (AvgIpc) is 3.20. The molecule has 10 nitrogen and oxygen atoms in total. The smallest absolute Gasteiger partial charge is 0.313 e. The molecule has 2 aromatic rings. The second-order valence-electron chi connectivity index (χ2n) is 7.81. The Balaban J connectivity index is 1.62. The normalized spacial score (nSPS) is 14.1. The molecule has 1 aliphatic rings. The van der Waals surface area contributed by atoms with E-state index in [1.807, 2.05) is 7.05 Å². The Morgan fingerprint density at radius 1 is 1.18 bits per heavy atom. The van der Waals surface area contributed by atoms with E-state index in [1.165, 1.54) is 30.3 Å². The van der Waals surface area contributed by atoms with Crippen LogP contribution < -0.4 is 16.0 Å². The predicted octanol–water partition coefficient (Wildman–Crippen LogP) is 0.726. The number of halogens is 1. The van der Waals surface area contributed by atoms with Crippen LogP contribution in [0.1, 0.15) is 20.4 Å². The number of aromatic nitrogens is 1. The van der Waals surface area contributed by atoms with Gasteiger partial charge in [0.25, 0.3) is 5.91 Å². The van der Waals surface area contributed by atoms with Gasteiger partial charge >= 0.3 is 11.8 Å². The first-order valence-electron chi connectivity index (χ1n) is 10.2. The molecule has 176 valence electrons. The minimum absolute atomic E-state index is 0.260. The van der Waals surface area contributed by atoms with E-state index in [4.69, 9.17) is 11.6 Å². The number of carbonyl (C=O) groups is 4. The van der Waals surface area contributed by atoms with E-state index in [9.17, 15) is 19.2 Å². The van der Waals surface area contributed by atoms with E-state index >= 15 is 0 Å². The van der Waals surface area contributed by atoms with Gasteiger partial charge in [-0.3, -0.25) is 19.2 Å². The van der Waals surface area contributed by atoms with Gasteiger partial charge in [0.15, 0.2) is 5.01 Å². The number of anilines is 1. The molecule has 12 heteroatoms. The fraction of sp³-hybridized carbons (Fsp3) is 0.381. The van der Waals surface area contributed by atoms with Crippen molar-refractivity contribution in [2.24, 2.45) is 0 Å². The molecule has 33 heavy (non-hydrogen) atoms. The van der Waals surface area contributed by atoms with E-state index in [0.717, 1.165) is 30.1 Å². The minimum atomic E-state index is -1.07. The van der Waals surface area contributed by atoms with Crippen LogP contribution in [0.3, 0.4) is 0 Å². The first kappa shape index (κ1) is 24.6. The van der Waals surface area contributed by atoms with Crippen LogP contribution >= 0.6 is 22.9 Å². The highest BCUT2D eigenvalue weighted by Gasteiger charge is 2.27. The van der Waals surface area contributed by atoms with Crippen molar-refractivity contribution in [1.82, 2.24) is 25.4 Å². The Labute approximate surface area is 200 Å². The fourth-order valence-electron chi connectivity index (χ4n) is 3.15. The maximum absolute atomic E-state index is 12.8. The Morgan fingerprint density at radius 2 is 1.88 bits per heavy atom. The predicted molar refractivity (Wildman–Crippen MR) is 125 cm³/mol. The van der Waals surface area contributed by atoms with Crippen molar-refractivity contribution < 1.29 is 19.2 Å². The van der Waals surface area contributed by atoms with Crippen LogP contribution in [-0.4, -0.2) is 78.7 Å². The molecular formula is C21H25ClN6O4S. The Kier molecular flexibility index (Phi) is 8.01. The molecule has 0 bridgehead atoms. The standard InChI is InChI=1S/C21H25ClN6O4S/c1-27(2)21(32)15(10-23-17(29)18(30)24-13-6-4-12(22)5-7-13)25-19(31)20-26-14-8-9-28(3)11-16(14)33-20/h4-7,15H,8-11H2,1-3H3,(H,23,29)(H,24,30)(H,25,31). The lowest BCUT2D eigenvalue weighted by Crippen LogP contribution is -2.53. The lowest BCUT2D eigenvalue weighted by molar-refractivity contribution is -0.136. The Hall–Kier alpha value is -3.02. The van der Waals surface area contributed by atoms with E-state index < -0.39 is 29.7 Å². The van der Waals surface area contributed by atoms with Gasteiger partial charge in [-0.25, -0.2) is 4.98 Å². The highest BCUT2D eigenvalue weighted by molar-refractivity contribution is 7.13. The Bertz CT molecular complexity index is 1060. The van der Waals surface area contributed by atoms with Crippen LogP contribution in [0.2, 0.25) is 5.02 Å². The van der Waals surface area contributed by atoms with Crippen LogP contribution in [-0.2, 0) is 27.3 Å². The van der Waals surface area contributed by atoms with Crippen molar-refractivity contribution in [3.63, 3.8) is 0 Å². The molecule has 1 unspecified atom stereocenters. The van der Waals surface area contributed by atoms with E-state index in [1.54, 1.807) is 24.3 Å². The molecule has 1 aliphatic heterocycles. The zero-order valence-electron chi connectivity index (χ0n) is 18.5. The summed E-state index contributed by atoms with van der Waals surface area (Å²) in [5.41, 5.74) is 1.29. The van der Waals surface area contributed by atoms with Crippen molar-refractivity contribution in [1.29, 1.82) is 0 Å². The summed E-state index contributed by atoms with van der Waals surface area (Å²) >= 11 is 7.09. The van der Waals surface area contributed by atoms with Gasteiger partial charge in [-0.05, 0) is 31.3 Å². The number of likely N-dealkylation sites (N-methyl/N-ethyl adjacent to an activating group) is 2. The van der Waals surface area contributed by atoms with Crippen LogP contribution in [0, 0.1) is 0 Å². The lowest BCUT2D eigenvalue weighted by atomic mass is 10.2. The van der Waals surface area contributed by atoms with Crippen LogP contribution in [0.15, 0.2) is 24.3 Å². The summed E-state index contributed by atoms with van der Waals surface area (Å²) in [6.07, 6.45) is 0.758. The third kappa shape index (κ3) is 6.50. The number of amides is 4. The number of nitrogens with zero attached hydrogens (tertiary/aromatic N) is 3. The van der Waals surface area contributed by atoms with Gasteiger partial charge in [-0.15, -0.1) is 11.3 Å². The summed E-state index contributed by atoms with van der Waals surface area (Å²) in [7, 11) is 5.07. The van der Waals surface area contributed by atoms with E-state index in [0.29, 0.717) is 10.7 Å². The summed E-state index contributed by atoms with van der Waals surface area (Å²) in [5.74, 6) is -2.78. The lowest BCUT2D eigenvalue weighted by Gasteiger charge is -2.21. The molecule has 0 aliphatic carbocycles. The maximum atomic E-state index is 12.8. The number of rotatable bonds is 6. The second kappa shape index (κ2) is 10.7. The second-order valence-corrected chi connectivity index (χ2v) is 9.33. The molecule has 1 aromatic carbocycles. The van der Waals surface area contributed by atoms with Crippen LogP contribution in [0.5, 0.6) is 0 Å². The fourth-order valence-corrected chi connectivity index (χ4v) is 4.37. The number of nitrogens with one attached hydrogen (secondary N) is 3. The first-order valence-corrected chi connectivity index (χ1v) is 11.4. The molecule has 1 atom stereocenters. The van der Waals surface area contributed by atoms with E-state index in [-0.39, 0.29) is 11.6 Å². The van der Waals surface area contributed by atoms with Gasteiger partial charge in [-0.1, -0.05) is 11.6 Å². The average molecular weight is 493 g/mol. The van der Waals surface area contributed by atoms with Gasteiger partial charge in [0.1, 0.15) is 6.04 Å². The molecule has 4 amide bonds. The third-order valence-corrected chi connectivity index (χ3v) is 6.27. The number of fused-ring (bicyclic) bond motifs is 1. The number of hydrogen-bond donors (Lipinski definition) is 3. The topological polar surface area (TPSA) is 124 Å². The monoisotopic (exact) mass is 492 g/mol. The quantitative estimate of drug-likeness (QED) is 0.511. The van der Waals surface area contributed by atoms with E-state index in [2.05, 4.69) is 25.8 Å². The Morgan fingerprint density at radius 3 is 2.55 bits per heavy atom. The molecule has 2 heterocycles. The molecule has 0 spiro atoms. The number of benzene rings is 1. The summed E-state index contributed by atoms with van der Waals surface area (Å²) in [6, 6.07) is 5.19. The van der Waals surface area contributed by atoms with Gasteiger partial charge < -0.3 is 25.8 Å². The summed E-state index contributed by atoms with van der Waals surface area (Å²) in [5, 5.41) is 8.22. The number of carbonyl (C=O) groups excluding carboxylic acids is 4. The molecule has 0 saturated carbocycles. The SMILES string of the molecule is CN1CCc2nc(C(=O)NC(CNC(=O)C(=O)Nc3ccc(Cl)cc3)C(=O)N(C)C)sc2C1. The number of thiazole rings is 1. The maximum Gasteiger partial charge on any atom is 0.313 e. The van der Waals surface area contributed by atoms with Crippen molar-refractivity contribution in [2.75, 3.05) is 39.5 Å². The minimum Gasteiger partial charge on any atom is -0.347 e. The van der Waals surface area contributed by atoms with Crippen molar-refractivity contribution >= 4 is 52.3 Å². The van der Waals surface area contributed by atoms with Crippen molar-refractivity contribution in [3.05, 3.63) is 44.9 Å². The van der Waals surface area contributed by atoms with Crippen LogP contribution in [0.25, 0.3) is 0 Å². The van der Waals surface area contributed by atoms with Gasteiger partial charge in [0.05, 0.1) is 5.69 Å². The molecule has 1 aromatic heterocycles. The highest BCUT2D eigenvalue weighted by Crippen LogP contribution is 2.24. The zero-order chi connectivity index (χ0) is 24.1. The molecule has 3 rings (SSSR count). The van der Waals surface area contributed by atoms with Gasteiger partial charge in [0.2, 0.25) is 5.91 Å². The van der Waals surface area contributed by atoms with Crippen LogP contribution in [0.4, 0.5) is 5.69 Å². The summed E-state index contributed by atoms with van der Waals surface area (Å²) in [4.78, 5) is 58.6. The summed E-state index contributed by atoms with van der Waals surface area (Å²) < 4.78 is 0. The van der Waals surface area contributed by atoms with Gasteiger partial charge in [-0.2, -0.15) is 0 Å². The zero-order valence-corrected chi connectivity index (χ0v) is 20.0. The first-order chi connectivity index (χ1) is 15.6.